The Balaban J connectivity index is 1.95. The molecule has 1 aliphatic heterocycles. The van der Waals surface area contributed by atoms with Crippen LogP contribution in [0.4, 0.5) is 0 Å². The van der Waals surface area contributed by atoms with Gasteiger partial charge in [-0.05, 0) is 43.9 Å². The smallest absolute Gasteiger partial charge is 0.240 e. The number of hydrogen-bond donors (Lipinski definition) is 0. The number of nitrogens with zero attached hydrogens (tertiary/aromatic N) is 1. The van der Waals surface area contributed by atoms with Crippen LogP contribution in [0.5, 0.6) is 0 Å². The fourth-order valence-electron chi connectivity index (χ4n) is 5.65. The van der Waals surface area contributed by atoms with E-state index < -0.39 is 10.0 Å². The van der Waals surface area contributed by atoms with Gasteiger partial charge in [-0.3, -0.25) is 4.79 Å². The van der Waals surface area contributed by atoms with Crippen LogP contribution in [-0.2, 0) is 14.8 Å². The fourth-order valence-corrected chi connectivity index (χ4v) is 8.24. The van der Waals surface area contributed by atoms with Gasteiger partial charge in [0.2, 0.25) is 15.9 Å². The molecule has 1 saturated heterocycles. The van der Waals surface area contributed by atoms with E-state index in [9.17, 15) is 13.2 Å². The molecular weight excluding hydrogens is 322 g/mol. The number of hydrogen-bond acceptors (Lipinski definition) is 3. The lowest BCUT2D eigenvalue weighted by molar-refractivity contribution is -0.133. The molecule has 134 valence electrons. The van der Waals surface area contributed by atoms with Crippen LogP contribution in [0, 0.1) is 34.5 Å². The van der Waals surface area contributed by atoms with E-state index in [-0.39, 0.29) is 34.4 Å². The van der Waals surface area contributed by atoms with Crippen molar-refractivity contribution in [2.75, 3.05) is 5.75 Å². The zero-order chi connectivity index (χ0) is 17.8. The Bertz CT molecular complexity index is 700. The number of rotatable bonds is 4. The Morgan fingerprint density at radius 3 is 2.67 bits per heavy atom. The first-order valence-corrected chi connectivity index (χ1v) is 10.8. The highest BCUT2D eigenvalue weighted by Gasteiger charge is 2.72. The summed E-state index contributed by atoms with van der Waals surface area (Å²) in [6.07, 6.45) is 4.90. The Morgan fingerprint density at radius 2 is 2.08 bits per heavy atom. The fraction of sp³-hybridized carbons (Fsp3) is 0.842. The predicted molar refractivity (Wildman–Crippen MR) is 94.4 cm³/mol. The first kappa shape index (κ1) is 17.8. The van der Waals surface area contributed by atoms with Crippen LogP contribution in [0.1, 0.15) is 66.2 Å². The van der Waals surface area contributed by atoms with Crippen molar-refractivity contribution in [2.24, 2.45) is 22.7 Å². The van der Waals surface area contributed by atoms with Crippen molar-refractivity contribution < 1.29 is 13.2 Å². The van der Waals surface area contributed by atoms with Crippen molar-refractivity contribution in [2.45, 2.75) is 72.3 Å². The summed E-state index contributed by atoms with van der Waals surface area (Å²) in [7, 11) is -3.51. The molecule has 24 heavy (non-hydrogen) atoms. The Kier molecular flexibility index (Phi) is 4.27. The molecule has 3 rings (SSSR count). The molecule has 1 amide bonds. The molecule has 3 unspecified atom stereocenters. The molecule has 2 bridgehead atoms. The maximum atomic E-state index is 13.2. The lowest BCUT2D eigenvalue weighted by atomic mass is 9.69. The van der Waals surface area contributed by atoms with Crippen molar-refractivity contribution in [3.63, 3.8) is 0 Å². The van der Waals surface area contributed by atoms with E-state index >= 15 is 0 Å². The van der Waals surface area contributed by atoms with E-state index in [2.05, 4.69) is 25.7 Å². The minimum atomic E-state index is -3.51. The van der Waals surface area contributed by atoms with Gasteiger partial charge in [0.25, 0.3) is 0 Å². The van der Waals surface area contributed by atoms with Gasteiger partial charge in [0.05, 0.1) is 17.7 Å². The van der Waals surface area contributed by atoms with E-state index in [1.54, 1.807) is 6.92 Å². The first-order valence-electron chi connectivity index (χ1n) is 9.17. The van der Waals surface area contributed by atoms with Crippen LogP contribution >= 0.6 is 0 Å². The zero-order valence-corrected chi connectivity index (χ0v) is 16.1. The molecule has 3 fully saturated rings. The lowest BCUT2D eigenvalue weighted by Gasteiger charge is -2.37. The number of fused-ring (bicyclic) bond motifs is 1. The second kappa shape index (κ2) is 5.76. The lowest BCUT2D eigenvalue weighted by Crippen LogP contribution is -2.46. The number of carbonyl (C=O) groups is 1. The summed E-state index contributed by atoms with van der Waals surface area (Å²) in [5, 5.41) is 0. The molecule has 4 atom stereocenters. The van der Waals surface area contributed by atoms with E-state index in [0.717, 1.165) is 25.7 Å². The Labute approximate surface area is 146 Å². The molecule has 4 nitrogen and oxygen atoms in total. The van der Waals surface area contributed by atoms with Crippen molar-refractivity contribution in [1.82, 2.24) is 4.31 Å². The molecule has 1 spiro atoms. The van der Waals surface area contributed by atoms with Gasteiger partial charge in [-0.2, -0.15) is 0 Å². The summed E-state index contributed by atoms with van der Waals surface area (Å²) < 4.78 is 27.2. The summed E-state index contributed by atoms with van der Waals surface area (Å²) in [5.41, 5.74) is -0.234. The third kappa shape index (κ3) is 2.25. The van der Waals surface area contributed by atoms with E-state index in [1.807, 2.05) is 6.92 Å². The monoisotopic (exact) mass is 351 g/mol. The molecule has 2 aliphatic carbocycles. The average Bonchev–Trinajstić information content (AvgIpc) is 2.98. The van der Waals surface area contributed by atoms with Crippen LogP contribution in [-0.4, -0.2) is 30.4 Å². The van der Waals surface area contributed by atoms with Gasteiger partial charge in [0, 0.05) is 11.8 Å². The van der Waals surface area contributed by atoms with Crippen LogP contribution < -0.4 is 0 Å². The number of amides is 1. The predicted octanol–water partition coefficient (Wildman–Crippen LogP) is 3.18. The second-order valence-electron chi connectivity index (χ2n) is 8.37. The highest BCUT2D eigenvalue weighted by molar-refractivity contribution is 7.90. The minimum Gasteiger partial charge on any atom is -0.273 e. The Hall–Kier alpha value is -1.02. The van der Waals surface area contributed by atoms with Gasteiger partial charge < -0.3 is 0 Å². The average molecular weight is 352 g/mol. The first-order chi connectivity index (χ1) is 11.2. The summed E-state index contributed by atoms with van der Waals surface area (Å²) in [6.45, 7) is 8.20. The molecule has 2 saturated carbocycles. The minimum absolute atomic E-state index is 0.00322. The van der Waals surface area contributed by atoms with Crippen LogP contribution in [0.2, 0.25) is 0 Å². The normalized spacial score (nSPS) is 36.1. The van der Waals surface area contributed by atoms with Crippen molar-refractivity contribution in [3.05, 3.63) is 0 Å². The zero-order valence-electron chi connectivity index (χ0n) is 15.3. The van der Waals surface area contributed by atoms with E-state index in [4.69, 9.17) is 0 Å². The SMILES string of the molecule is CC#CC[C@@H](CCC)C(=O)N1C2CC3CCC2(CS1(=O)=O)C3(C)C. The highest BCUT2D eigenvalue weighted by atomic mass is 32.2. The van der Waals surface area contributed by atoms with Crippen LogP contribution in [0.25, 0.3) is 0 Å². The van der Waals surface area contributed by atoms with Gasteiger partial charge in [-0.1, -0.05) is 27.2 Å². The molecule has 1 heterocycles. The summed E-state index contributed by atoms with van der Waals surface area (Å²) in [5.74, 6) is 6.00. The second-order valence-corrected chi connectivity index (χ2v) is 10.2. The topological polar surface area (TPSA) is 54.5 Å². The summed E-state index contributed by atoms with van der Waals surface area (Å²) >= 11 is 0. The molecular formula is C19H29NO3S. The van der Waals surface area contributed by atoms with Gasteiger partial charge in [0.1, 0.15) is 0 Å². The largest absolute Gasteiger partial charge is 0.273 e. The van der Waals surface area contributed by atoms with Gasteiger partial charge in [-0.25, -0.2) is 12.7 Å². The van der Waals surface area contributed by atoms with Gasteiger partial charge in [-0.15, -0.1) is 11.8 Å². The standard InChI is InChI=1S/C19H29NO3S/c1-5-7-9-14(8-6-2)17(21)20-16-12-15-10-11-19(16,18(15,3)4)13-24(20,22)23/h14-16H,6,8-13H2,1-4H3/t14-,15?,16?,19?/m1/s1. The summed E-state index contributed by atoms with van der Waals surface area (Å²) in [4.78, 5) is 13.2. The third-order valence-corrected chi connectivity index (χ3v) is 9.05. The molecule has 5 heteroatoms. The van der Waals surface area contributed by atoms with Gasteiger partial charge >= 0.3 is 0 Å². The van der Waals surface area contributed by atoms with Gasteiger partial charge in [0.15, 0.2) is 0 Å². The van der Waals surface area contributed by atoms with Crippen molar-refractivity contribution in [3.8, 4) is 11.8 Å². The van der Waals surface area contributed by atoms with Crippen molar-refractivity contribution >= 4 is 15.9 Å². The van der Waals surface area contributed by atoms with E-state index in [0.29, 0.717) is 18.8 Å². The maximum Gasteiger partial charge on any atom is 0.240 e. The third-order valence-electron chi connectivity index (χ3n) is 7.14. The number of sulfonamides is 1. The Morgan fingerprint density at radius 1 is 1.38 bits per heavy atom. The van der Waals surface area contributed by atoms with Crippen LogP contribution in [0.3, 0.4) is 0 Å². The highest BCUT2D eigenvalue weighted by Crippen LogP contribution is 2.70. The molecule has 0 radical (unpaired) electrons. The molecule has 3 aliphatic rings. The van der Waals surface area contributed by atoms with Crippen LogP contribution in [0.15, 0.2) is 0 Å². The summed E-state index contributed by atoms with van der Waals surface area (Å²) in [6, 6.07) is -0.127. The van der Waals surface area contributed by atoms with Crippen molar-refractivity contribution in [1.29, 1.82) is 0 Å². The maximum absolute atomic E-state index is 13.2. The molecule has 0 N–H and O–H groups in total. The molecule has 0 aromatic heterocycles. The quantitative estimate of drug-likeness (QED) is 0.731. The molecule has 0 aromatic carbocycles. The van der Waals surface area contributed by atoms with E-state index in [1.165, 1.54) is 4.31 Å². The molecule has 0 aromatic rings. The number of carbonyl (C=O) groups excluding carboxylic acids is 1.